The zero-order chi connectivity index (χ0) is 14.0. The van der Waals surface area contributed by atoms with Crippen LogP contribution in [0.3, 0.4) is 0 Å². The minimum absolute atomic E-state index is 0.328. The van der Waals surface area contributed by atoms with Gasteiger partial charge in [0.05, 0.1) is 25.8 Å². The molecular weight excluding hydrogens is 252 g/mol. The molecule has 0 aliphatic carbocycles. The molecular formula is C12H12N2O5. The number of carbonyl (C=O) groups is 1. The largest absolute Gasteiger partial charge is 0.493 e. The third kappa shape index (κ3) is 2.35. The van der Waals surface area contributed by atoms with E-state index in [0.717, 1.165) is 4.68 Å². The van der Waals surface area contributed by atoms with E-state index in [-0.39, 0.29) is 0 Å². The fourth-order valence-corrected chi connectivity index (χ4v) is 1.75. The first-order chi connectivity index (χ1) is 9.06. The molecule has 100 valence electrons. The second-order valence-electron chi connectivity index (χ2n) is 3.80. The Morgan fingerprint density at radius 2 is 1.95 bits per heavy atom. The Labute approximate surface area is 108 Å². The molecule has 2 rings (SSSR count). The number of aliphatic carboxylic acids is 1. The number of benzene rings is 1. The minimum atomic E-state index is -1.13. The van der Waals surface area contributed by atoms with Crippen molar-refractivity contribution >= 4 is 16.7 Å². The zero-order valence-corrected chi connectivity index (χ0v) is 10.4. The summed E-state index contributed by atoms with van der Waals surface area (Å²) in [4.78, 5) is 22.7. The Kier molecular flexibility index (Phi) is 3.37. The molecule has 7 heteroatoms. The van der Waals surface area contributed by atoms with Crippen molar-refractivity contribution in [1.82, 2.24) is 9.78 Å². The third-order valence-electron chi connectivity index (χ3n) is 2.64. The molecule has 0 unspecified atom stereocenters. The van der Waals surface area contributed by atoms with E-state index in [1.54, 1.807) is 6.07 Å². The highest BCUT2D eigenvalue weighted by molar-refractivity contribution is 5.84. The number of hydrogen-bond acceptors (Lipinski definition) is 5. The van der Waals surface area contributed by atoms with Crippen LogP contribution in [0.1, 0.15) is 0 Å². The van der Waals surface area contributed by atoms with Gasteiger partial charge in [0.25, 0.3) is 5.56 Å². The van der Waals surface area contributed by atoms with Crippen LogP contribution in [0.25, 0.3) is 10.8 Å². The maximum Gasteiger partial charge on any atom is 0.325 e. The monoisotopic (exact) mass is 264 g/mol. The van der Waals surface area contributed by atoms with Crippen molar-refractivity contribution in [2.24, 2.45) is 0 Å². The van der Waals surface area contributed by atoms with Crippen LogP contribution in [-0.2, 0) is 11.3 Å². The van der Waals surface area contributed by atoms with E-state index in [1.807, 2.05) is 0 Å². The van der Waals surface area contributed by atoms with E-state index in [1.165, 1.54) is 26.5 Å². The highest BCUT2D eigenvalue weighted by Crippen LogP contribution is 2.30. The molecule has 0 radical (unpaired) electrons. The molecule has 0 amide bonds. The minimum Gasteiger partial charge on any atom is -0.493 e. The van der Waals surface area contributed by atoms with Crippen molar-refractivity contribution in [2.75, 3.05) is 14.2 Å². The normalized spacial score (nSPS) is 10.4. The van der Waals surface area contributed by atoms with Gasteiger partial charge in [-0.25, -0.2) is 4.68 Å². The number of nitrogens with zero attached hydrogens (tertiary/aromatic N) is 2. The van der Waals surface area contributed by atoms with E-state index < -0.39 is 18.1 Å². The van der Waals surface area contributed by atoms with Crippen LogP contribution in [0.4, 0.5) is 0 Å². The summed E-state index contributed by atoms with van der Waals surface area (Å²) in [6.07, 6.45) is 1.42. The van der Waals surface area contributed by atoms with Gasteiger partial charge in [-0.3, -0.25) is 9.59 Å². The summed E-state index contributed by atoms with van der Waals surface area (Å²) in [5.74, 6) is -0.248. The van der Waals surface area contributed by atoms with E-state index in [4.69, 9.17) is 14.6 Å². The van der Waals surface area contributed by atoms with Crippen molar-refractivity contribution in [2.45, 2.75) is 6.54 Å². The van der Waals surface area contributed by atoms with Crippen LogP contribution < -0.4 is 15.0 Å². The Hall–Kier alpha value is -2.57. The van der Waals surface area contributed by atoms with E-state index >= 15 is 0 Å². The third-order valence-corrected chi connectivity index (χ3v) is 2.64. The maximum absolute atomic E-state index is 12.1. The van der Waals surface area contributed by atoms with Crippen molar-refractivity contribution < 1.29 is 19.4 Å². The van der Waals surface area contributed by atoms with Gasteiger partial charge in [0.2, 0.25) is 0 Å². The van der Waals surface area contributed by atoms with Gasteiger partial charge in [-0.2, -0.15) is 5.10 Å². The van der Waals surface area contributed by atoms with Gasteiger partial charge in [0.1, 0.15) is 6.54 Å². The van der Waals surface area contributed by atoms with Crippen LogP contribution in [-0.4, -0.2) is 35.1 Å². The predicted octanol–water partition coefficient (Wildman–Crippen LogP) is 0.498. The fraction of sp³-hybridized carbons (Fsp3) is 0.250. The maximum atomic E-state index is 12.1. The molecule has 1 aromatic carbocycles. The lowest BCUT2D eigenvalue weighted by molar-refractivity contribution is -0.137. The number of aromatic nitrogens is 2. The lowest BCUT2D eigenvalue weighted by Gasteiger charge is -2.09. The number of hydrogen-bond donors (Lipinski definition) is 1. The zero-order valence-electron chi connectivity index (χ0n) is 10.4. The number of carboxylic acid groups (broad SMARTS) is 1. The number of methoxy groups -OCH3 is 2. The van der Waals surface area contributed by atoms with Crippen molar-refractivity contribution in [3.8, 4) is 11.5 Å². The summed E-state index contributed by atoms with van der Waals surface area (Å²) < 4.78 is 11.1. The van der Waals surface area contributed by atoms with E-state index in [0.29, 0.717) is 22.3 Å². The molecule has 19 heavy (non-hydrogen) atoms. The molecule has 0 atom stereocenters. The Morgan fingerprint density at radius 3 is 2.53 bits per heavy atom. The summed E-state index contributed by atoms with van der Waals surface area (Å²) in [6.45, 7) is -0.483. The average molecular weight is 264 g/mol. The lowest BCUT2D eigenvalue weighted by atomic mass is 10.2. The first-order valence-corrected chi connectivity index (χ1v) is 5.40. The fourth-order valence-electron chi connectivity index (χ4n) is 1.75. The van der Waals surface area contributed by atoms with Crippen LogP contribution in [0, 0.1) is 0 Å². The molecule has 2 aromatic rings. The van der Waals surface area contributed by atoms with Crippen LogP contribution in [0.15, 0.2) is 23.1 Å². The lowest BCUT2D eigenvalue weighted by Crippen LogP contribution is -2.26. The number of rotatable bonds is 4. The highest BCUT2D eigenvalue weighted by Gasteiger charge is 2.11. The summed E-state index contributed by atoms with van der Waals surface area (Å²) in [5, 5.41) is 13.4. The first kappa shape index (κ1) is 12.9. The van der Waals surface area contributed by atoms with E-state index in [9.17, 15) is 9.59 Å². The molecule has 1 N–H and O–H groups in total. The van der Waals surface area contributed by atoms with Gasteiger partial charge in [0.15, 0.2) is 11.5 Å². The molecule has 0 saturated heterocycles. The van der Waals surface area contributed by atoms with Crippen molar-refractivity contribution in [3.05, 3.63) is 28.7 Å². The van der Waals surface area contributed by atoms with Crippen molar-refractivity contribution in [3.63, 3.8) is 0 Å². The smallest absolute Gasteiger partial charge is 0.325 e. The molecule has 0 aliphatic heterocycles. The predicted molar refractivity (Wildman–Crippen MR) is 66.7 cm³/mol. The number of ether oxygens (including phenoxy) is 2. The Balaban J connectivity index is 2.68. The van der Waals surface area contributed by atoms with Gasteiger partial charge < -0.3 is 14.6 Å². The molecule has 0 spiro atoms. The van der Waals surface area contributed by atoms with E-state index in [2.05, 4.69) is 5.10 Å². The van der Waals surface area contributed by atoms with Crippen LogP contribution in [0.2, 0.25) is 0 Å². The summed E-state index contributed by atoms with van der Waals surface area (Å²) in [5.41, 5.74) is -0.485. The summed E-state index contributed by atoms with van der Waals surface area (Å²) in [7, 11) is 2.95. The topological polar surface area (TPSA) is 90.7 Å². The SMILES string of the molecule is COc1cc2cnn(CC(=O)O)c(=O)c2cc1OC. The molecule has 1 heterocycles. The Bertz CT molecular complexity index is 692. The molecule has 7 nitrogen and oxygen atoms in total. The van der Waals surface area contributed by atoms with Gasteiger partial charge in [-0.15, -0.1) is 0 Å². The standard InChI is InChI=1S/C12H12N2O5/c1-18-9-3-7-5-13-14(6-11(15)16)12(17)8(7)4-10(9)19-2/h3-5H,6H2,1-2H3,(H,15,16). The molecule has 0 bridgehead atoms. The van der Waals surface area contributed by atoms with Crippen molar-refractivity contribution in [1.29, 1.82) is 0 Å². The Morgan fingerprint density at radius 1 is 1.32 bits per heavy atom. The molecule has 0 fully saturated rings. The summed E-state index contributed by atoms with van der Waals surface area (Å²) >= 11 is 0. The number of fused-ring (bicyclic) bond motifs is 1. The van der Waals surface area contributed by atoms with Crippen LogP contribution in [0.5, 0.6) is 11.5 Å². The van der Waals surface area contributed by atoms with Gasteiger partial charge >= 0.3 is 5.97 Å². The second kappa shape index (κ2) is 4.97. The van der Waals surface area contributed by atoms with Gasteiger partial charge in [-0.05, 0) is 12.1 Å². The van der Waals surface area contributed by atoms with Gasteiger partial charge in [-0.1, -0.05) is 0 Å². The van der Waals surface area contributed by atoms with Gasteiger partial charge in [0, 0.05) is 5.39 Å². The highest BCUT2D eigenvalue weighted by atomic mass is 16.5. The molecule has 0 saturated carbocycles. The molecule has 0 aliphatic rings. The van der Waals surface area contributed by atoms with Crippen LogP contribution >= 0.6 is 0 Å². The second-order valence-corrected chi connectivity index (χ2v) is 3.80. The molecule has 1 aromatic heterocycles. The summed E-state index contributed by atoms with van der Waals surface area (Å²) in [6, 6.07) is 3.13. The average Bonchev–Trinajstić information content (AvgIpc) is 2.40. The first-order valence-electron chi connectivity index (χ1n) is 5.40. The number of carboxylic acids is 1. The quantitative estimate of drug-likeness (QED) is 0.864.